The molecule has 1 heterocycles. The molecule has 1 aliphatic heterocycles. The van der Waals surface area contributed by atoms with Crippen LogP contribution in [0.5, 0.6) is 0 Å². The highest BCUT2D eigenvalue weighted by Crippen LogP contribution is 2.12. The lowest BCUT2D eigenvalue weighted by Crippen LogP contribution is -2.45. The van der Waals surface area contributed by atoms with Crippen LogP contribution in [-0.4, -0.2) is 33.6 Å². The molecule has 1 atom stereocenters. The van der Waals surface area contributed by atoms with Crippen molar-refractivity contribution in [1.29, 1.82) is 0 Å². The first-order chi connectivity index (χ1) is 7.68. The monoisotopic (exact) mass is 242 g/mol. The fourth-order valence-electron chi connectivity index (χ4n) is 1.48. The van der Waals surface area contributed by atoms with Gasteiger partial charge in [0.1, 0.15) is 0 Å². The van der Waals surface area contributed by atoms with Crippen molar-refractivity contribution in [2.75, 3.05) is 24.4 Å². The molecule has 2 N–H and O–H groups in total. The van der Waals surface area contributed by atoms with E-state index in [-0.39, 0.29) is 0 Å². The number of sulfonamides is 1. The van der Waals surface area contributed by atoms with Crippen LogP contribution in [0, 0.1) is 0 Å². The Bertz CT molecular complexity index is 427. The van der Waals surface area contributed by atoms with E-state index in [0.29, 0.717) is 25.4 Å². The average molecular weight is 242 g/mol. The maximum Gasteiger partial charge on any atom is 0.261 e. The minimum atomic E-state index is -3.47. The molecule has 0 spiro atoms. The van der Waals surface area contributed by atoms with Crippen molar-refractivity contribution in [3.63, 3.8) is 0 Å². The zero-order valence-corrected chi connectivity index (χ0v) is 9.53. The summed E-state index contributed by atoms with van der Waals surface area (Å²) in [5.41, 5.74) is -0.266. The van der Waals surface area contributed by atoms with Crippen molar-refractivity contribution in [3.8, 4) is 0 Å². The van der Waals surface area contributed by atoms with E-state index in [1.165, 1.54) is 0 Å². The number of hydrogen-bond acceptors (Lipinski definition) is 4. The van der Waals surface area contributed by atoms with Crippen LogP contribution in [-0.2, 0) is 14.8 Å². The van der Waals surface area contributed by atoms with Crippen molar-refractivity contribution >= 4 is 15.7 Å². The lowest BCUT2D eigenvalue weighted by Gasteiger charge is -2.23. The fourth-order valence-corrected chi connectivity index (χ4v) is 2.69. The molecule has 0 radical (unpaired) electrons. The average Bonchev–Trinajstić information content (AvgIpc) is 2.31. The lowest BCUT2D eigenvalue weighted by molar-refractivity contribution is 0.0789. The normalized spacial score (nSPS) is 21.6. The summed E-state index contributed by atoms with van der Waals surface area (Å²) in [6.07, 6.45) is 0. The van der Waals surface area contributed by atoms with Gasteiger partial charge in [-0.3, -0.25) is 4.72 Å². The molecule has 0 aromatic heterocycles. The van der Waals surface area contributed by atoms with Crippen LogP contribution in [0.3, 0.4) is 0 Å². The Hall–Kier alpha value is -1.11. The lowest BCUT2D eigenvalue weighted by atomic mass is 10.3. The molecule has 5 nitrogen and oxygen atoms in total. The number of anilines is 1. The number of para-hydroxylation sites is 1. The summed E-state index contributed by atoms with van der Waals surface area (Å²) in [7, 11) is -3.47. The van der Waals surface area contributed by atoms with E-state index in [4.69, 9.17) is 4.74 Å². The highest BCUT2D eigenvalue weighted by atomic mass is 32.2. The van der Waals surface area contributed by atoms with E-state index in [9.17, 15) is 8.42 Å². The number of ether oxygens (including phenoxy) is 1. The van der Waals surface area contributed by atoms with Gasteiger partial charge in [-0.15, -0.1) is 0 Å². The van der Waals surface area contributed by atoms with Crippen LogP contribution in [0.1, 0.15) is 0 Å². The molecular weight excluding hydrogens is 228 g/mol. The number of hydrogen-bond donors (Lipinski definition) is 2. The molecule has 0 saturated carbocycles. The number of benzene rings is 1. The van der Waals surface area contributed by atoms with Crippen molar-refractivity contribution in [2.45, 2.75) is 5.44 Å². The number of morpholine rings is 1. The molecule has 1 unspecified atom stereocenters. The molecule has 0 bridgehead atoms. The summed E-state index contributed by atoms with van der Waals surface area (Å²) in [6, 6.07) is 8.79. The van der Waals surface area contributed by atoms with Gasteiger partial charge >= 0.3 is 0 Å². The molecule has 0 aliphatic carbocycles. The van der Waals surface area contributed by atoms with Crippen LogP contribution in [0.4, 0.5) is 5.69 Å². The van der Waals surface area contributed by atoms with Gasteiger partial charge in [-0.1, -0.05) is 18.2 Å². The van der Waals surface area contributed by atoms with Gasteiger partial charge in [0.2, 0.25) is 0 Å². The first-order valence-electron chi connectivity index (χ1n) is 5.07. The third-order valence-corrected chi connectivity index (χ3v) is 3.79. The van der Waals surface area contributed by atoms with Gasteiger partial charge in [0.15, 0.2) is 5.44 Å². The second-order valence-electron chi connectivity index (χ2n) is 3.52. The predicted octanol–water partition coefficient (Wildman–Crippen LogP) is 0.374. The van der Waals surface area contributed by atoms with Crippen molar-refractivity contribution in [2.24, 2.45) is 0 Å². The molecule has 1 aromatic rings. The van der Waals surface area contributed by atoms with Gasteiger partial charge in [0, 0.05) is 18.8 Å². The smallest absolute Gasteiger partial charge is 0.261 e. The predicted molar refractivity (Wildman–Crippen MR) is 61.6 cm³/mol. The van der Waals surface area contributed by atoms with Crippen LogP contribution >= 0.6 is 0 Å². The molecule has 6 heteroatoms. The van der Waals surface area contributed by atoms with Crippen LogP contribution < -0.4 is 10.0 Å². The van der Waals surface area contributed by atoms with Crippen molar-refractivity contribution < 1.29 is 13.2 Å². The van der Waals surface area contributed by atoms with Gasteiger partial charge in [0.05, 0.1) is 6.61 Å². The van der Waals surface area contributed by atoms with Gasteiger partial charge < -0.3 is 10.1 Å². The van der Waals surface area contributed by atoms with E-state index in [0.717, 1.165) is 0 Å². The quantitative estimate of drug-likeness (QED) is 0.804. The van der Waals surface area contributed by atoms with Gasteiger partial charge in [0.25, 0.3) is 10.0 Å². The van der Waals surface area contributed by atoms with Crippen molar-refractivity contribution in [1.82, 2.24) is 5.32 Å². The molecule has 0 amide bonds. The molecule has 1 saturated heterocycles. The van der Waals surface area contributed by atoms with Gasteiger partial charge in [-0.2, -0.15) is 0 Å². The highest BCUT2D eigenvalue weighted by Gasteiger charge is 2.27. The summed E-state index contributed by atoms with van der Waals surface area (Å²) in [5, 5.41) is 2.98. The van der Waals surface area contributed by atoms with Crippen LogP contribution in [0.2, 0.25) is 0 Å². The second kappa shape index (κ2) is 4.82. The maximum atomic E-state index is 11.9. The Morgan fingerprint density at radius 3 is 2.69 bits per heavy atom. The number of nitrogens with one attached hydrogen (secondary N) is 2. The fraction of sp³-hybridized carbons (Fsp3) is 0.400. The van der Waals surface area contributed by atoms with Gasteiger partial charge in [-0.25, -0.2) is 8.42 Å². The van der Waals surface area contributed by atoms with E-state index in [1.54, 1.807) is 24.3 Å². The van der Waals surface area contributed by atoms with Gasteiger partial charge in [-0.05, 0) is 12.1 Å². The highest BCUT2D eigenvalue weighted by molar-refractivity contribution is 7.93. The molecule has 1 fully saturated rings. The summed E-state index contributed by atoms with van der Waals surface area (Å²) < 4.78 is 31.5. The third kappa shape index (κ3) is 2.72. The first kappa shape index (κ1) is 11.4. The standard InChI is InChI=1S/C10H14N2O3S/c13-16(14,10-8-11-6-7-15-10)12-9-4-2-1-3-5-9/h1-5,10-12H,6-8H2. The second-order valence-corrected chi connectivity index (χ2v) is 5.34. The first-order valence-corrected chi connectivity index (χ1v) is 6.62. The Labute approximate surface area is 94.9 Å². The zero-order valence-electron chi connectivity index (χ0n) is 8.72. The SMILES string of the molecule is O=S(=O)(Nc1ccccc1)C1CNCCO1. The molecule has 2 rings (SSSR count). The Balaban J connectivity index is 2.08. The van der Waals surface area contributed by atoms with E-state index < -0.39 is 15.5 Å². The molecular formula is C10H14N2O3S. The van der Waals surface area contributed by atoms with Crippen LogP contribution in [0.15, 0.2) is 30.3 Å². The summed E-state index contributed by atoms with van der Waals surface area (Å²) >= 11 is 0. The summed E-state index contributed by atoms with van der Waals surface area (Å²) in [4.78, 5) is 0. The van der Waals surface area contributed by atoms with Crippen LogP contribution in [0.25, 0.3) is 0 Å². The Morgan fingerprint density at radius 2 is 2.06 bits per heavy atom. The molecule has 1 aromatic carbocycles. The largest absolute Gasteiger partial charge is 0.358 e. The molecule has 1 aliphatic rings. The van der Waals surface area contributed by atoms with E-state index in [2.05, 4.69) is 10.0 Å². The number of rotatable bonds is 3. The van der Waals surface area contributed by atoms with E-state index in [1.807, 2.05) is 6.07 Å². The zero-order chi connectivity index (χ0) is 11.4. The summed E-state index contributed by atoms with van der Waals surface area (Å²) in [5.74, 6) is 0. The van der Waals surface area contributed by atoms with E-state index >= 15 is 0 Å². The molecule has 16 heavy (non-hydrogen) atoms. The minimum Gasteiger partial charge on any atom is -0.358 e. The third-order valence-electron chi connectivity index (χ3n) is 2.27. The molecule has 88 valence electrons. The summed E-state index contributed by atoms with van der Waals surface area (Å²) in [6.45, 7) is 1.43. The Morgan fingerprint density at radius 1 is 1.31 bits per heavy atom. The maximum absolute atomic E-state index is 11.9. The topological polar surface area (TPSA) is 67.4 Å². The van der Waals surface area contributed by atoms with Crippen molar-refractivity contribution in [3.05, 3.63) is 30.3 Å². The minimum absolute atomic E-state index is 0.322. The Kier molecular flexibility index (Phi) is 3.42.